The lowest BCUT2D eigenvalue weighted by Gasteiger charge is -2.04. The Morgan fingerprint density at radius 2 is 2.20 bits per heavy atom. The molecular weight excluding hydrogens is 389 g/mol. The number of benzene rings is 1. The second-order valence-corrected chi connectivity index (χ2v) is 5.74. The van der Waals surface area contributed by atoms with E-state index in [-0.39, 0.29) is 11.5 Å². The molecule has 0 aliphatic rings. The second kappa shape index (κ2) is 6.80. The van der Waals surface area contributed by atoms with Gasteiger partial charge in [-0.25, -0.2) is 9.97 Å². The third kappa shape index (κ3) is 3.34. The van der Waals surface area contributed by atoms with Crippen molar-refractivity contribution in [3.63, 3.8) is 0 Å². The molecule has 0 fully saturated rings. The summed E-state index contributed by atoms with van der Waals surface area (Å²) in [5.41, 5.74) is 0.662. The standard InChI is InChI=1S/C13H10IN3O2S/c1-20-13-15-6-5-10(16-13)11(17-19)12(18)8-3-2-4-9(14)7-8/h2-7,19H,1H3. The molecule has 0 aliphatic heterocycles. The van der Waals surface area contributed by atoms with E-state index in [0.29, 0.717) is 16.4 Å². The highest BCUT2D eigenvalue weighted by molar-refractivity contribution is 14.1. The molecule has 0 amide bonds. The molecule has 0 atom stereocenters. The first kappa shape index (κ1) is 14.9. The first-order chi connectivity index (χ1) is 9.65. The summed E-state index contributed by atoms with van der Waals surface area (Å²) in [6.45, 7) is 0. The van der Waals surface area contributed by atoms with Crippen molar-refractivity contribution in [3.05, 3.63) is 51.4 Å². The van der Waals surface area contributed by atoms with Gasteiger partial charge in [-0.15, -0.1) is 0 Å². The molecule has 5 nitrogen and oxygen atoms in total. The fourth-order valence-electron chi connectivity index (χ4n) is 1.55. The third-order valence-electron chi connectivity index (χ3n) is 2.46. The Bertz CT molecular complexity index is 676. The van der Waals surface area contributed by atoms with Gasteiger partial charge in [0, 0.05) is 15.3 Å². The van der Waals surface area contributed by atoms with Crippen molar-refractivity contribution in [2.24, 2.45) is 5.16 Å². The zero-order valence-electron chi connectivity index (χ0n) is 10.4. The molecule has 2 aromatic rings. The van der Waals surface area contributed by atoms with Gasteiger partial charge in [0.2, 0.25) is 5.78 Å². The van der Waals surface area contributed by atoms with Crippen LogP contribution < -0.4 is 0 Å². The minimum Gasteiger partial charge on any atom is -0.410 e. The van der Waals surface area contributed by atoms with E-state index in [9.17, 15) is 4.79 Å². The number of carbonyl (C=O) groups excluding carboxylic acids is 1. The summed E-state index contributed by atoms with van der Waals surface area (Å²) in [5.74, 6) is -0.378. The number of thioether (sulfide) groups is 1. The monoisotopic (exact) mass is 399 g/mol. The van der Waals surface area contributed by atoms with Crippen LogP contribution in [0.3, 0.4) is 0 Å². The molecule has 1 aromatic carbocycles. The van der Waals surface area contributed by atoms with Crippen LogP contribution >= 0.6 is 34.4 Å². The Hall–Kier alpha value is -1.48. The van der Waals surface area contributed by atoms with Crippen molar-refractivity contribution in [1.29, 1.82) is 0 Å². The summed E-state index contributed by atoms with van der Waals surface area (Å²) < 4.78 is 0.929. The van der Waals surface area contributed by atoms with Gasteiger partial charge in [-0.3, -0.25) is 4.79 Å². The Labute approximate surface area is 133 Å². The quantitative estimate of drug-likeness (QED) is 0.163. The molecule has 1 heterocycles. The average Bonchev–Trinajstić information content (AvgIpc) is 2.48. The van der Waals surface area contributed by atoms with E-state index in [4.69, 9.17) is 5.21 Å². The number of hydrogen-bond donors (Lipinski definition) is 1. The van der Waals surface area contributed by atoms with Crippen molar-refractivity contribution in [2.45, 2.75) is 5.16 Å². The molecule has 2 rings (SSSR count). The van der Waals surface area contributed by atoms with E-state index in [1.165, 1.54) is 18.0 Å². The van der Waals surface area contributed by atoms with Gasteiger partial charge in [0.1, 0.15) is 5.69 Å². The molecule has 102 valence electrons. The molecule has 0 saturated heterocycles. The highest BCUT2D eigenvalue weighted by Gasteiger charge is 2.19. The zero-order valence-corrected chi connectivity index (χ0v) is 13.4. The highest BCUT2D eigenvalue weighted by Crippen LogP contribution is 2.13. The van der Waals surface area contributed by atoms with E-state index in [0.717, 1.165) is 3.57 Å². The Morgan fingerprint density at radius 3 is 2.85 bits per heavy atom. The van der Waals surface area contributed by atoms with E-state index < -0.39 is 0 Å². The van der Waals surface area contributed by atoms with Crippen LogP contribution in [0.2, 0.25) is 0 Å². The lowest BCUT2D eigenvalue weighted by Crippen LogP contribution is -2.18. The van der Waals surface area contributed by atoms with E-state index >= 15 is 0 Å². The summed E-state index contributed by atoms with van der Waals surface area (Å²) >= 11 is 3.47. The molecule has 0 unspecified atom stereocenters. The smallest absolute Gasteiger partial charge is 0.217 e. The molecule has 0 bridgehead atoms. The first-order valence-corrected chi connectivity index (χ1v) is 7.85. The molecule has 1 N–H and O–H groups in total. The van der Waals surface area contributed by atoms with Gasteiger partial charge < -0.3 is 5.21 Å². The van der Waals surface area contributed by atoms with Gasteiger partial charge in [0.05, 0.1) is 0 Å². The minimum atomic E-state index is -0.378. The Balaban J connectivity index is 2.40. The summed E-state index contributed by atoms with van der Waals surface area (Å²) in [7, 11) is 0. The topological polar surface area (TPSA) is 75.4 Å². The summed E-state index contributed by atoms with van der Waals surface area (Å²) in [6.07, 6.45) is 3.36. The van der Waals surface area contributed by atoms with Gasteiger partial charge in [0.15, 0.2) is 10.9 Å². The number of carbonyl (C=O) groups is 1. The largest absolute Gasteiger partial charge is 0.410 e. The van der Waals surface area contributed by atoms with Crippen molar-refractivity contribution >= 4 is 45.8 Å². The van der Waals surface area contributed by atoms with Crippen LogP contribution in [0.5, 0.6) is 0 Å². The predicted molar refractivity (Wildman–Crippen MR) is 85.6 cm³/mol. The van der Waals surface area contributed by atoms with Gasteiger partial charge in [-0.1, -0.05) is 29.1 Å². The second-order valence-electron chi connectivity index (χ2n) is 3.72. The molecule has 0 radical (unpaired) electrons. The zero-order chi connectivity index (χ0) is 14.5. The number of nitrogens with zero attached hydrogens (tertiary/aromatic N) is 3. The highest BCUT2D eigenvalue weighted by atomic mass is 127. The molecule has 1 aromatic heterocycles. The maximum absolute atomic E-state index is 12.4. The summed E-state index contributed by atoms with van der Waals surface area (Å²) in [5, 5.41) is 12.8. The minimum absolute atomic E-state index is 0.0929. The fourth-order valence-corrected chi connectivity index (χ4v) is 2.45. The van der Waals surface area contributed by atoms with Crippen LogP contribution in [0.1, 0.15) is 16.1 Å². The van der Waals surface area contributed by atoms with Crippen LogP contribution in [-0.2, 0) is 0 Å². The van der Waals surface area contributed by atoms with Crippen molar-refractivity contribution in [3.8, 4) is 0 Å². The normalized spacial score (nSPS) is 11.4. The van der Waals surface area contributed by atoms with E-state index in [2.05, 4.69) is 37.7 Å². The number of hydrogen-bond acceptors (Lipinski definition) is 6. The third-order valence-corrected chi connectivity index (χ3v) is 3.69. The molecule has 20 heavy (non-hydrogen) atoms. The Kier molecular flexibility index (Phi) is 5.07. The van der Waals surface area contributed by atoms with Crippen LogP contribution in [0, 0.1) is 3.57 Å². The van der Waals surface area contributed by atoms with Gasteiger partial charge >= 0.3 is 0 Å². The number of rotatable bonds is 4. The van der Waals surface area contributed by atoms with Crippen molar-refractivity contribution < 1.29 is 10.0 Å². The summed E-state index contributed by atoms with van der Waals surface area (Å²) in [4.78, 5) is 20.6. The van der Waals surface area contributed by atoms with Crippen molar-refractivity contribution in [2.75, 3.05) is 6.26 Å². The number of ketones is 1. The number of oxime groups is 1. The van der Waals surface area contributed by atoms with Crippen LogP contribution in [0.25, 0.3) is 0 Å². The molecule has 0 saturated carbocycles. The molecule has 0 spiro atoms. The van der Waals surface area contributed by atoms with E-state index in [1.54, 1.807) is 24.3 Å². The summed E-state index contributed by atoms with van der Waals surface area (Å²) in [6, 6.07) is 8.60. The number of halogens is 1. The number of aromatic nitrogens is 2. The molecule has 0 aliphatic carbocycles. The fraction of sp³-hybridized carbons (Fsp3) is 0.0769. The van der Waals surface area contributed by atoms with Gasteiger partial charge in [0.25, 0.3) is 0 Å². The number of Topliss-reactive ketones (excluding diaryl/α,β-unsaturated/α-hetero) is 1. The van der Waals surface area contributed by atoms with E-state index in [1.807, 2.05) is 12.3 Å². The van der Waals surface area contributed by atoms with Crippen molar-refractivity contribution in [1.82, 2.24) is 9.97 Å². The van der Waals surface area contributed by atoms with Crippen LogP contribution in [0.15, 0.2) is 46.8 Å². The molecule has 7 heteroatoms. The average molecular weight is 399 g/mol. The SMILES string of the molecule is CSc1nccc(C(=NO)C(=O)c2cccc(I)c2)n1. The maximum Gasteiger partial charge on any atom is 0.217 e. The predicted octanol–water partition coefficient (Wildman–Crippen LogP) is 2.86. The van der Waals surface area contributed by atoms with Crippen LogP contribution in [-0.4, -0.2) is 32.9 Å². The lowest BCUT2D eigenvalue weighted by molar-refractivity contribution is 0.106. The first-order valence-electron chi connectivity index (χ1n) is 5.55. The van der Waals surface area contributed by atoms with Gasteiger partial charge in [-0.2, -0.15) is 0 Å². The Morgan fingerprint density at radius 1 is 1.40 bits per heavy atom. The lowest BCUT2D eigenvalue weighted by atomic mass is 10.0. The molecular formula is C13H10IN3O2S. The van der Waals surface area contributed by atoms with Gasteiger partial charge in [-0.05, 0) is 47.0 Å². The van der Waals surface area contributed by atoms with Crippen LogP contribution in [0.4, 0.5) is 0 Å². The maximum atomic E-state index is 12.4.